The highest BCUT2D eigenvalue weighted by Crippen LogP contribution is 2.24. The van der Waals surface area contributed by atoms with Crippen LogP contribution in [0.2, 0.25) is 0 Å². The second kappa shape index (κ2) is 7.36. The molecule has 2 aromatic rings. The third-order valence-electron chi connectivity index (χ3n) is 3.25. The van der Waals surface area contributed by atoms with E-state index in [1.807, 2.05) is 37.3 Å². The number of aryl methyl sites for hydroxylation is 2. The number of carbonyl (C=O) groups excluding carboxylic acids is 1. The standard InChI is InChI=1S/C17H17BrFNO/c1-12-10-14(18)15(19)11-16(12)20-17(21)9-5-8-13-6-3-2-4-7-13/h2-4,6-7,10-11H,5,8-9H2,1H3,(H,20,21). The van der Waals surface area contributed by atoms with Gasteiger partial charge in [0.2, 0.25) is 5.91 Å². The third kappa shape index (κ3) is 4.67. The van der Waals surface area contributed by atoms with Gasteiger partial charge in [-0.25, -0.2) is 4.39 Å². The minimum atomic E-state index is -0.375. The number of hydrogen-bond donors (Lipinski definition) is 1. The average Bonchev–Trinajstić information content (AvgIpc) is 2.46. The third-order valence-corrected chi connectivity index (χ3v) is 3.86. The first-order valence-electron chi connectivity index (χ1n) is 6.85. The molecule has 2 aromatic carbocycles. The zero-order valence-corrected chi connectivity index (χ0v) is 13.4. The predicted octanol–water partition coefficient (Wildman–Crippen LogP) is 4.86. The molecule has 1 N–H and O–H groups in total. The second-order valence-electron chi connectivity index (χ2n) is 4.97. The van der Waals surface area contributed by atoms with Crippen molar-refractivity contribution in [2.75, 3.05) is 5.32 Å². The Kier molecular flexibility index (Phi) is 5.51. The molecule has 0 bridgehead atoms. The average molecular weight is 350 g/mol. The number of benzene rings is 2. The first kappa shape index (κ1) is 15.7. The molecule has 1 amide bonds. The molecule has 0 aliphatic heterocycles. The number of nitrogens with one attached hydrogen (secondary N) is 1. The summed E-state index contributed by atoms with van der Waals surface area (Å²) < 4.78 is 13.9. The van der Waals surface area contributed by atoms with Crippen LogP contribution >= 0.6 is 15.9 Å². The van der Waals surface area contributed by atoms with Gasteiger partial charge < -0.3 is 5.32 Å². The van der Waals surface area contributed by atoms with Crippen LogP contribution in [-0.2, 0) is 11.2 Å². The maximum Gasteiger partial charge on any atom is 0.224 e. The van der Waals surface area contributed by atoms with Gasteiger partial charge in [-0.3, -0.25) is 4.79 Å². The van der Waals surface area contributed by atoms with E-state index in [-0.39, 0.29) is 11.7 Å². The van der Waals surface area contributed by atoms with Crippen LogP contribution in [-0.4, -0.2) is 5.91 Å². The molecule has 0 aromatic heterocycles. The highest BCUT2D eigenvalue weighted by molar-refractivity contribution is 9.10. The highest BCUT2D eigenvalue weighted by atomic mass is 79.9. The van der Waals surface area contributed by atoms with Crippen molar-refractivity contribution in [3.05, 3.63) is 63.9 Å². The molecule has 0 aliphatic rings. The van der Waals surface area contributed by atoms with Gasteiger partial charge in [0.15, 0.2) is 0 Å². The Hall–Kier alpha value is -1.68. The van der Waals surface area contributed by atoms with E-state index >= 15 is 0 Å². The van der Waals surface area contributed by atoms with E-state index < -0.39 is 0 Å². The Morgan fingerprint density at radius 2 is 1.95 bits per heavy atom. The van der Waals surface area contributed by atoms with Crippen LogP contribution in [0, 0.1) is 12.7 Å². The molecule has 0 atom stereocenters. The molecule has 0 radical (unpaired) electrons. The first-order chi connectivity index (χ1) is 10.1. The molecular formula is C17H17BrFNO. The molecule has 0 unspecified atom stereocenters. The van der Waals surface area contributed by atoms with Crippen LogP contribution in [0.25, 0.3) is 0 Å². The quantitative estimate of drug-likeness (QED) is 0.820. The van der Waals surface area contributed by atoms with Gasteiger partial charge in [0, 0.05) is 12.1 Å². The topological polar surface area (TPSA) is 29.1 Å². The summed E-state index contributed by atoms with van der Waals surface area (Å²) in [5.41, 5.74) is 2.58. The summed E-state index contributed by atoms with van der Waals surface area (Å²) in [6.45, 7) is 1.84. The number of rotatable bonds is 5. The first-order valence-corrected chi connectivity index (χ1v) is 7.65. The van der Waals surface area contributed by atoms with E-state index in [4.69, 9.17) is 0 Å². The van der Waals surface area contributed by atoms with Gasteiger partial charge in [-0.05, 0) is 59.0 Å². The fraction of sp³-hybridized carbons (Fsp3) is 0.235. The Labute approximate surface area is 132 Å². The summed E-state index contributed by atoms with van der Waals surface area (Å²) in [4.78, 5) is 11.9. The fourth-order valence-electron chi connectivity index (χ4n) is 2.09. The van der Waals surface area contributed by atoms with Crippen molar-refractivity contribution in [3.63, 3.8) is 0 Å². The van der Waals surface area contributed by atoms with Crippen LogP contribution in [0.3, 0.4) is 0 Å². The zero-order chi connectivity index (χ0) is 15.2. The molecule has 2 nitrogen and oxygen atoms in total. The van der Waals surface area contributed by atoms with Crippen LogP contribution in [0.1, 0.15) is 24.0 Å². The van der Waals surface area contributed by atoms with E-state index in [0.29, 0.717) is 16.6 Å². The summed E-state index contributed by atoms with van der Waals surface area (Å²) in [6, 6.07) is 13.1. The lowest BCUT2D eigenvalue weighted by Crippen LogP contribution is -2.12. The van der Waals surface area contributed by atoms with Crippen molar-refractivity contribution in [2.45, 2.75) is 26.2 Å². The number of anilines is 1. The summed E-state index contributed by atoms with van der Waals surface area (Å²) in [7, 11) is 0. The Morgan fingerprint density at radius 3 is 2.67 bits per heavy atom. The van der Waals surface area contributed by atoms with Gasteiger partial charge in [0.25, 0.3) is 0 Å². The van der Waals surface area contributed by atoms with E-state index in [0.717, 1.165) is 18.4 Å². The van der Waals surface area contributed by atoms with E-state index in [1.54, 1.807) is 6.07 Å². The second-order valence-corrected chi connectivity index (χ2v) is 5.82. The Balaban J connectivity index is 1.86. The lowest BCUT2D eigenvalue weighted by Gasteiger charge is -2.09. The molecular weight excluding hydrogens is 333 g/mol. The van der Waals surface area contributed by atoms with Crippen molar-refractivity contribution in [1.82, 2.24) is 0 Å². The van der Waals surface area contributed by atoms with Crippen LogP contribution < -0.4 is 5.32 Å². The van der Waals surface area contributed by atoms with Gasteiger partial charge in [0.1, 0.15) is 5.82 Å². The summed E-state index contributed by atoms with van der Waals surface area (Å²) in [6.07, 6.45) is 2.06. The Bertz CT molecular complexity index is 628. The van der Waals surface area contributed by atoms with Crippen molar-refractivity contribution >= 4 is 27.5 Å². The molecule has 0 spiro atoms. The largest absolute Gasteiger partial charge is 0.326 e. The maximum atomic E-state index is 13.5. The number of hydrogen-bond acceptors (Lipinski definition) is 1. The molecule has 110 valence electrons. The molecule has 0 heterocycles. The normalized spacial score (nSPS) is 10.4. The maximum absolute atomic E-state index is 13.5. The molecule has 0 saturated heterocycles. The molecule has 0 saturated carbocycles. The molecule has 21 heavy (non-hydrogen) atoms. The fourth-order valence-corrected chi connectivity index (χ4v) is 2.55. The van der Waals surface area contributed by atoms with Gasteiger partial charge >= 0.3 is 0 Å². The predicted molar refractivity (Wildman–Crippen MR) is 86.8 cm³/mol. The van der Waals surface area contributed by atoms with Gasteiger partial charge in [0.05, 0.1) is 4.47 Å². The van der Waals surface area contributed by atoms with Crippen LogP contribution in [0.15, 0.2) is 46.9 Å². The molecule has 4 heteroatoms. The van der Waals surface area contributed by atoms with Crippen molar-refractivity contribution in [1.29, 1.82) is 0 Å². The molecule has 0 fully saturated rings. The van der Waals surface area contributed by atoms with Gasteiger partial charge in [-0.15, -0.1) is 0 Å². The summed E-state index contributed by atoms with van der Waals surface area (Å²) in [5, 5.41) is 2.76. The number of carbonyl (C=O) groups is 1. The smallest absolute Gasteiger partial charge is 0.224 e. The van der Waals surface area contributed by atoms with Crippen LogP contribution in [0.4, 0.5) is 10.1 Å². The van der Waals surface area contributed by atoms with Crippen molar-refractivity contribution in [2.24, 2.45) is 0 Å². The SMILES string of the molecule is Cc1cc(Br)c(F)cc1NC(=O)CCCc1ccccc1. The van der Waals surface area contributed by atoms with Gasteiger partial charge in [-0.2, -0.15) is 0 Å². The van der Waals surface area contributed by atoms with Crippen LogP contribution in [0.5, 0.6) is 0 Å². The minimum Gasteiger partial charge on any atom is -0.326 e. The van der Waals surface area contributed by atoms with E-state index in [9.17, 15) is 9.18 Å². The summed E-state index contributed by atoms with van der Waals surface area (Å²) in [5.74, 6) is -0.462. The lowest BCUT2D eigenvalue weighted by molar-refractivity contribution is -0.116. The van der Waals surface area contributed by atoms with E-state index in [2.05, 4.69) is 21.2 Å². The summed E-state index contributed by atoms with van der Waals surface area (Å²) >= 11 is 3.13. The van der Waals surface area contributed by atoms with Crippen molar-refractivity contribution < 1.29 is 9.18 Å². The zero-order valence-electron chi connectivity index (χ0n) is 11.8. The van der Waals surface area contributed by atoms with Gasteiger partial charge in [-0.1, -0.05) is 30.3 Å². The van der Waals surface area contributed by atoms with Crippen molar-refractivity contribution in [3.8, 4) is 0 Å². The molecule has 2 rings (SSSR count). The minimum absolute atomic E-state index is 0.0873. The highest BCUT2D eigenvalue weighted by Gasteiger charge is 2.08. The monoisotopic (exact) mass is 349 g/mol. The molecule has 0 aliphatic carbocycles. The number of amides is 1. The lowest BCUT2D eigenvalue weighted by atomic mass is 10.1. The number of halogens is 2. The van der Waals surface area contributed by atoms with E-state index in [1.165, 1.54) is 11.6 Å². The Morgan fingerprint density at radius 1 is 1.24 bits per heavy atom.